The van der Waals surface area contributed by atoms with Crippen LogP contribution in [0.1, 0.15) is 27.2 Å². The quantitative estimate of drug-likeness (QED) is 0.620. The predicted molar refractivity (Wildman–Crippen MR) is 86.3 cm³/mol. The fourth-order valence-electron chi connectivity index (χ4n) is 2.66. The molecule has 2 nitrogen and oxygen atoms in total. The Balaban J connectivity index is 2.45. The molecule has 2 rings (SSSR count). The molecule has 0 radical (unpaired) electrons. The van der Waals surface area contributed by atoms with Crippen molar-refractivity contribution < 1.29 is 4.58 Å². The smallest absolute Gasteiger partial charge is 0.206 e. The van der Waals surface area contributed by atoms with Crippen molar-refractivity contribution >= 4 is 17.1 Å². The molecule has 0 heterocycles. The summed E-state index contributed by atoms with van der Waals surface area (Å²) in [5.74, 6) is 0.659. The molecule has 0 bridgehead atoms. The molecule has 1 atom stereocenters. The van der Waals surface area contributed by atoms with E-state index in [2.05, 4.69) is 49.6 Å². The number of hydrogen-bond donors (Lipinski definition) is 1. The topological polar surface area (TPSA) is 26.9 Å². The van der Waals surface area contributed by atoms with E-state index in [1.165, 1.54) is 5.69 Å². The summed E-state index contributed by atoms with van der Waals surface area (Å²) in [7, 11) is 0. The molecule has 1 aliphatic carbocycles. The zero-order chi connectivity index (χ0) is 14.5. The van der Waals surface area contributed by atoms with Crippen LogP contribution in [0.3, 0.4) is 0 Å². The van der Waals surface area contributed by atoms with Crippen molar-refractivity contribution in [3.05, 3.63) is 54.6 Å². The highest BCUT2D eigenvalue weighted by Crippen LogP contribution is 2.20. The van der Waals surface area contributed by atoms with Crippen LogP contribution in [0.4, 0.5) is 5.69 Å². The molecule has 20 heavy (non-hydrogen) atoms. The first-order chi connectivity index (χ1) is 9.58. The first kappa shape index (κ1) is 14.4. The molecule has 0 aliphatic heterocycles. The number of allylic oxidation sites excluding steroid dienone is 4. The van der Waals surface area contributed by atoms with Crippen LogP contribution in [0, 0.1) is 11.3 Å². The number of benzene rings is 1. The second kappa shape index (κ2) is 6.47. The van der Waals surface area contributed by atoms with Crippen molar-refractivity contribution in [2.24, 2.45) is 5.92 Å². The van der Waals surface area contributed by atoms with E-state index >= 15 is 0 Å². The summed E-state index contributed by atoms with van der Waals surface area (Å²) in [6.45, 7) is 6.78. The van der Waals surface area contributed by atoms with Crippen LogP contribution in [0.25, 0.3) is 0 Å². The van der Waals surface area contributed by atoms with Crippen LogP contribution in [-0.2, 0) is 0 Å². The summed E-state index contributed by atoms with van der Waals surface area (Å²) in [4.78, 5) is 0. The average molecular weight is 267 g/mol. The van der Waals surface area contributed by atoms with Gasteiger partial charge in [-0.25, -0.2) is 0 Å². The summed E-state index contributed by atoms with van der Waals surface area (Å²) in [5, 5.41) is 7.64. The van der Waals surface area contributed by atoms with E-state index in [0.717, 1.165) is 12.1 Å². The van der Waals surface area contributed by atoms with Gasteiger partial charge in [-0.3, -0.25) is 0 Å². The van der Waals surface area contributed by atoms with Crippen LogP contribution in [0.15, 0.2) is 54.6 Å². The van der Waals surface area contributed by atoms with Crippen LogP contribution in [0.2, 0.25) is 0 Å². The normalized spacial score (nSPS) is 15.8. The third kappa shape index (κ3) is 3.53. The lowest BCUT2D eigenvalue weighted by atomic mass is 10.0. The molecule has 1 aromatic carbocycles. The molecule has 2 heteroatoms. The number of nitrogens with one attached hydrogen (secondary N) is 1. The predicted octanol–water partition coefficient (Wildman–Crippen LogP) is 4.35. The Morgan fingerprint density at radius 2 is 1.55 bits per heavy atom. The lowest BCUT2D eigenvalue weighted by Gasteiger charge is -2.16. The van der Waals surface area contributed by atoms with Gasteiger partial charge in [-0.15, -0.1) is 0 Å². The van der Waals surface area contributed by atoms with Crippen molar-refractivity contribution in [2.45, 2.75) is 33.2 Å². The highest BCUT2D eigenvalue weighted by Gasteiger charge is 2.23. The summed E-state index contributed by atoms with van der Waals surface area (Å²) < 4.78 is 2.36. The highest BCUT2D eigenvalue weighted by atomic mass is 15.0. The number of hydrogen-bond acceptors (Lipinski definition) is 1. The van der Waals surface area contributed by atoms with Gasteiger partial charge in [0.1, 0.15) is 0 Å². The first-order valence-electron chi connectivity index (χ1n) is 7.24. The maximum absolute atomic E-state index is 7.64. The van der Waals surface area contributed by atoms with Gasteiger partial charge < -0.3 is 5.41 Å². The van der Waals surface area contributed by atoms with Crippen molar-refractivity contribution in [3.8, 4) is 0 Å². The van der Waals surface area contributed by atoms with Crippen molar-refractivity contribution in [2.75, 3.05) is 0 Å². The summed E-state index contributed by atoms with van der Waals surface area (Å²) in [6, 6.07) is 10.9. The summed E-state index contributed by atoms with van der Waals surface area (Å²) in [5.41, 5.74) is 2.91. The van der Waals surface area contributed by atoms with Gasteiger partial charge in [0, 0.05) is 30.7 Å². The monoisotopic (exact) mass is 267 g/mol. The molecule has 1 aliphatic rings. The minimum atomic E-state index is 0.425. The molecule has 0 saturated carbocycles. The molecule has 0 spiro atoms. The Bertz CT molecular complexity index is 544. The maximum atomic E-state index is 7.64. The van der Waals surface area contributed by atoms with Crippen molar-refractivity contribution in [3.63, 3.8) is 0 Å². The second-order valence-corrected chi connectivity index (χ2v) is 5.73. The molecule has 1 N–H and O–H groups in total. The molecule has 0 fully saturated rings. The van der Waals surface area contributed by atoms with Gasteiger partial charge >= 0.3 is 0 Å². The van der Waals surface area contributed by atoms with Gasteiger partial charge in [-0.05, 0) is 25.0 Å². The first-order valence-corrected chi connectivity index (χ1v) is 7.24. The lowest BCUT2D eigenvalue weighted by Crippen LogP contribution is -2.26. The van der Waals surface area contributed by atoms with Gasteiger partial charge in [0.05, 0.1) is 5.71 Å². The third-order valence-corrected chi connectivity index (χ3v) is 3.43. The molecular weight excluding hydrogens is 244 g/mol. The third-order valence-electron chi connectivity index (χ3n) is 3.43. The van der Waals surface area contributed by atoms with E-state index in [9.17, 15) is 0 Å². The Morgan fingerprint density at radius 1 is 0.950 bits per heavy atom. The molecule has 104 valence electrons. The number of rotatable bonds is 4. The molecular formula is C18H23N2+. The molecule has 1 aromatic rings. The van der Waals surface area contributed by atoms with Gasteiger partial charge in [-0.2, -0.15) is 4.58 Å². The van der Waals surface area contributed by atoms with E-state index in [0.29, 0.717) is 17.7 Å². The minimum absolute atomic E-state index is 0.425. The Morgan fingerprint density at radius 3 is 2.10 bits per heavy atom. The average Bonchev–Trinajstić information content (AvgIpc) is 2.42. The zero-order valence-electron chi connectivity index (χ0n) is 12.5. The Hall–Kier alpha value is -1.96. The van der Waals surface area contributed by atoms with Crippen molar-refractivity contribution in [1.29, 1.82) is 5.41 Å². The number of nitrogens with zero attached hydrogens (tertiary/aromatic N) is 1. The van der Waals surface area contributed by atoms with Gasteiger partial charge in [-0.1, -0.05) is 32.0 Å². The van der Waals surface area contributed by atoms with Gasteiger partial charge in [0.25, 0.3) is 0 Å². The van der Waals surface area contributed by atoms with Crippen molar-refractivity contribution in [1.82, 2.24) is 0 Å². The molecule has 0 aromatic heterocycles. The Labute approximate surface area is 121 Å². The van der Waals surface area contributed by atoms with E-state index in [1.54, 1.807) is 0 Å². The largest absolute Gasteiger partial charge is 0.301 e. The minimum Gasteiger partial charge on any atom is -0.301 e. The van der Waals surface area contributed by atoms with Crippen LogP contribution in [0.5, 0.6) is 0 Å². The number of para-hydroxylation sites is 1. The van der Waals surface area contributed by atoms with Gasteiger partial charge in [0.15, 0.2) is 6.04 Å². The van der Waals surface area contributed by atoms with Crippen LogP contribution >= 0.6 is 0 Å². The fourth-order valence-corrected chi connectivity index (χ4v) is 2.66. The van der Waals surface area contributed by atoms with E-state index in [4.69, 9.17) is 5.41 Å². The lowest BCUT2D eigenvalue weighted by molar-refractivity contribution is -0.481. The summed E-state index contributed by atoms with van der Waals surface area (Å²) in [6.07, 6.45) is 8.91. The van der Waals surface area contributed by atoms with E-state index < -0.39 is 0 Å². The molecule has 1 unspecified atom stereocenters. The maximum Gasteiger partial charge on any atom is 0.206 e. The zero-order valence-corrected chi connectivity index (χ0v) is 12.5. The summed E-state index contributed by atoms with van der Waals surface area (Å²) >= 11 is 0. The standard InChI is InChI=1S/C18H23N2/c1-14(2)13-15(3)20(17-7-5-4-6-8-17)18-11-9-16(19)10-12-18/h4-12,14-15,19H,13H2,1-3H3/q+1. The molecule has 0 amide bonds. The molecule has 0 saturated heterocycles. The van der Waals surface area contributed by atoms with Gasteiger partial charge in [0.2, 0.25) is 11.4 Å². The highest BCUT2D eigenvalue weighted by molar-refractivity contribution is 6.15. The Kier molecular flexibility index (Phi) is 4.67. The van der Waals surface area contributed by atoms with Crippen LogP contribution in [-0.4, -0.2) is 22.0 Å². The second-order valence-electron chi connectivity index (χ2n) is 5.73. The fraction of sp³-hybridized carbons (Fsp3) is 0.333. The van der Waals surface area contributed by atoms with E-state index in [-0.39, 0.29) is 0 Å². The SMILES string of the molecule is CC(C)CC(C)[N+](=C1C=CC(=N)C=C1)c1ccccc1. The van der Waals surface area contributed by atoms with Crippen LogP contribution < -0.4 is 0 Å². The van der Waals surface area contributed by atoms with E-state index in [1.807, 2.05) is 30.4 Å².